The number of amides is 1. The Hall–Kier alpha value is -2.24. The number of para-hydroxylation sites is 2. The lowest BCUT2D eigenvalue weighted by Crippen LogP contribution is -2.26. The lowest BCUT2D eigenvalue weighted by atomic mass is 10.2. The lowest BCUT2D eigenvalue weighted by molar-refractivity contribution is -0.119. The van der Waals surface area contributed by atoms with Gasteiger partial charge in [-0.25, -0.2) is 5.43 Å². The number of halogens is 2. The average Bonchev–Trinajstić information content (AvgIpc) is 2.56. The summed E-state index contributed by atoms with van der Waals surface area (Å²) in [6, 6.07) is 12.4. The fraction of sp³-hybridized carbons (Fsp3) is 0.125. The van der Waals surface area contributed by atoms with Crippen LogP contribution in [0.5, 0.6) is 5.75 Å². The molecule has 23 heavy (non-hydrogen) atoms. The molecule has 0 radical (unpaired) electrons. The molecule has 0 saturated carbocycles. The van der Waals surface area contributed by atoms with Crippen LogP contribution in [-0.4, -0.2) is 25.8 Å². The monoisotopic (exact) mass is 351 g/mol. The predicted octanol–water partition coefficient (Wildman–Crippen LogP) is 3.56. The van der Waals surface area contributed by atoms with Gasteiger partial charge in [0.25, 0.3) is 5.91 Å². The molecule has 5 nitrogen and oxygen atoms in total. The van der Waals surface area contributed by atoms with Crippen molar-refractivity contribution >= 4 is 41.0 Å². The molecule has 0 aromatic heterocycles. The summed E-state index contributed by atoms with van der Waals surface area (Å²) >= 11 is 12.0. The first-order chi connectivity index (χ1) is 11.1. The van der Waals surface area contributed by atoms with E-state index < -0.39 is 0 Å². The van der Waals surface area contributed by atoms with E-state index in [0.29, 0.717) is 21.4 Å². The highest BCUT2D eigenvalue weighted by Gasteiger charge is 2.05. The van der Waals surface area contributed by atoms with Crippen molar-refractivity contribution in [2.75, 3.05) is 19.0 Å². The smallest absolute Gasteiger partial charge is 0.259 e. The number of hydrogen-bond acceptors (Lipinski definition) is 4. The summed E-state index contributed by atoms with van der Waals surface area (Å²) in [5.74, 6) is 0.349. The van der Waals surface area contributed by atoms with Crippen molar-refractivity contribution < 1.29 is 9.53 Å². The van der Waals surface area contributed by atoms with Crippen molar-refractivity contribution in [1.29, 1.82) is 0 Å². The molecular weight excluding hydrogens is 337 g/mol. The third-order valence-corrected chi connectivity index (χ3v) is 3.59. The van der Waals surface area contributed by atoms with E-state index in [2.05, 4.69) is 15.8 Å². The van der Waals surface area contributed by atoms with Crippen molar-refractivity contribution in [2.24, 2.45) is 5.10 Å². The van der Waals surface area contributed by atoms with Crippen LogP contribution in [0, 0.1) is 0 Å². The van der Waals surface area contributed by atoms with Crippen molar-refractivity contribution in [2.45, 2.75) is 0 Å². The molecule has 2 aromatic rings. The number of nitrogens with one attached hydrogen (secondary N) is 2. The number of methoxy groups -OCH3 is 1. The maximum atomic E-state index is 11.8. The van der Waals surface area contributed by atoms with Gasteiger partial charge in [-0.15, -0.1) is 0 Å². The maximum Gasteiger partial charge on any atom is 0.259 e. The SMILES string of the molecule is COc1ccccc1NCC(=O)NN=Cc1c(Cl)cccc1Cl. The van der Waals surface area contributed by atoms with Gasteiger partial charge in [-0.2, -0.15) is 5.10 Å². The van der Waals surface area contributed by atoms with Crippen molar-refractivity contribution in [3.8, 4) is 5.75 Å². The van der Waals surface area contributed by atoms with Crippen LogP contribution in [0.3, 0.4) is 0 Å². The molecule has 0 saturated heterocycles. The van der Waals surface area contributed by atoms with Gasteiger partial charge in [-0.1, -0.05) is 41.4 Å². The van der Waals surface area contributed by atoms with E-state index in [4.69, 9.17) is 27.9 Å². The number of carbonyl (C=O) groups excluding carboxylic acids is 1. The van der Waals surface area contributed by atoms with Crippen LogP contribution in [-0.2, 0) is 4.79 Å². The molecule has 0 spiro atoms. The highest BCUT2D eigenvalue weighted by molar-refractivity contribution is 6.38. The normalized spacial score (nSPS) is 10.6. The minimum atomic E-state index is -0.310. The van der Waals surface area contributed by atoms with E-state index in [1.807, 2.05) is 18.2 Å². The number of rotatable bonds is 6. The van der Waals surface area contributed by atoms with Gasteiger partial charge < -0.3 is 10.1 Å². The summed E-state index contributed by atoms with van der Waals surface area (Å²) in [6.45, 7) is 0.0496. The topological polar surface area (TPSA) is 62.7 Å². The van der Waals surface area contributed by atoms with Gasteiger partial charge in [0.2, 0.25) is 0 Å². The molecule has 0 aliphatic heterocycles. The molecule has 0 aliphatic carbocycles. The Labute approximate surface area is 144 Å². The second-order valence-corrected chi connectivity index (χ2v) is 5.30. The lowest BCUT2D eigenvalue weighted by Gasteiger charge is -2.09. The first kappa shape index (κ1) is 17.1. The molecule has 7 heteroatoms. The molecule has 2 rings (SSSR count). The predicted molar refractivity (Wildman–Crippen MR) is 93.7 cm³/mol. The number of benzene rings is 2. The maximum absolute atomic E-state index is 11.8. The van der Waals surface area contributed by atoms with Gasteiger partial charge in [0, 0.05) is 5.56 Å². The number of ether oxygens (including phenoxy) is 1. The van der Waals surface area contributed by atoms with Crippen molar-refractivity contribution in [3.63, 3.8) is 0 Å². The second kappa shape index (κ2) is 8.41. The van der Waals surface area contributed by atoms with Gasteiger partial charge in [-0.05, 0) is 24.3 Å². The average molecular weight is 352 g/mol. The summed E-state index contributed by atoms with van der Waals surface area (Å²) in [5, 5.41) is 7.75. The fourth-order valence-corrected chi connectivity index (χ4v) is 2.30. The summed E-state index contributed by atoms with van der Waals surface area (Å²) in [4.78, 5) is 11.8. The van der Waals surface area contributed by atoms with E-state index in [1.54, 1.807) is 31.4 Å². The minimum Gasteiger partial charge on any atom is -0.495 e. The molecule has 0 aliphatic rings. The number of hydrogen-bond donors (Lipinski definition) is 2. The van der Waals surface area contributed by atoms with Crippen molar-refractivity contribution in [1.82, 2.24) is 5.43 Å². The Bertz CT molecular complexity index is 700. The van der Waals surface area contributed by atoms with Gasteiger partial charge >= 0.3 is 0 Å². The molecule has 0 heterocycles. The Morgan fingerprint density at radius 3 is 2.57 bits per heavy atom. The first-order valence-corrected chi connectivity index (χ1v) is 7.50. The fourth-order valence-electron chi connectivity index (χ4n) is 1.81. The van der Waals surface area contributed by atoms with Crippen molar-refractivity contribution in [3.05, 3.63) is 58.1 Å². The molecule has 0 atom stereocenters. The van der Waals surface area contributed by atoms with Gasteiger partial charge in [-0.3, -0.25) is 4.79 Å². The Morgan fingerprint density at radius 1 is 1.17 bits per heavy atom. The van der Waals surface area contributed by atoms with E-state index in [1.165, 1.54) is 6.21 Å². The minimum absolute atomic E-state index is 0.0496. The molecular formula is C16H15Cl2N3O2. The van der Waals surface area contributed by atoms with Crippen LogP contribution in [0.15, 0.2) is 47.6 Å². The number of nitrogens with zero attached hydrogens (tertiary/aromatic N) is 1. The van der Waals surface area contributed by atoms with Crippen LogP contribution in [0.2, 0.25) is 10.0 Å². The summed E-state index contributed by atoms with van der Waals surface area (Å²) in [7, 11) is 1.57. The largest absolute Gasteiger partial charge is 0.495 e. The van der Waals surface area contributed by atoms with Gasteiger partial charge in [0.05, 0.1) is 35.6 Å². The summed E-state index contributed by atoms with van der Waals surface area (Å²) < 4.78 is 5.19. The molecule has 1 amide bonds. The summed E-state index contributed by atoms with van der Waals surface area (Å²) in [6.07, 6.45) is 1.41. The van der Waals surface area contributed by atoms with Crippen LogP contribution < -0.4 is 15.5 Å². The first-order valence-electron chi connectivity index (χ1n) is 6.74. The number of hydrazone groups is 1. The zero-order valence-electron chi connectivity index (χ0n) is 12.3. The highest BCUT2D eigenvalue weighted by Crippen LogP contribution is 2.23. The second-order valence-electron chi connectivity index (χ2n) is 4.48. The third kappa shape index (κ3) is 4.87. The zero-order chi connectivity index (χ0) is 16.7. The van der Waals surface area contributed by atoms with Crippen LogP contribution >= 0.6 is 23.2 Å². The van der Waals surface area contributed by atoms with E-state index in [0.717, 1.165) is 5.69 Å². The van der Waals surface area contributed by atoms with E-state index >= 15 is 0 Å². The standard InChI is InChI=1S/C16H15Cl2N3O2/c1-23-15-8-3-2-7-14(15)19-10-16(22)21-20-9-11-12(17)5-4-6-13(11)18/h2-9,19H,10H2,1H3,(H,21,22). The molecule has 0 unspecified atom stereocenters. The van der Waals surface area contributed by atoms with Gasteiger partial charge in [0.15, 0.2) is 0 Å². The molecule has 2 N–H and O–H groups in total. The van der Waals surface area contributed by atoms with Crippen LogP contribution in [0.1, 0.15) is 5.56 Å². The number of carbonyl (C=O) groups is 1. The van der Waals surface area contributed by atoms with Crippen LogP contribution in [0.4, 0.5) is 5.69 Å². The van der Waals surface area contributed by atoms with E-state index in [-0.39, 0.29) is 12.5 Å². The molecule has 2 aromatic carbocycles. The highest BCUT2D eigenvalue weighted by atomic mass is 35.5. The third-order valence-electron chi connectivity index (χ3n) is 2.93. The van der Waals surface area contributed by atoms with Crippen LogP contribution in [0.25, 0.3) is 0 Å². The van der Waals surface area contributed by atoms with Gasteiger partial charge in [0.1, 0.15) is 5.75 Å². The zero-order valence-corrected chi connectivity index (χ0v) is 13.9. The molecule has 120 valence electrons. The van der Waals surface area contributed by atoms with E-state index in [9.17, 15) is 4.79 Å². The summed E-state index contributed by atoms with van der Waals surface area (Å²) in [5.41, 5.74) is 3.68. The Balaban J connectivity index is 1.89. The quantitative estimate of drug-likeness (QED) is 0.617. The molecule has 0 bridgehead atoms. The Morgan fingerprint density at radius 2 is 1.87 bits per heavy atom. The number of anilines is 1. The molecule has 0 fully saturated rings. The Kier molecular flexibility index (Phi) is 6.26.